The van der Waals surface area contributed by atoms with E-state index in [0.29, 0.717) is 18.9 Å². The lowest BCUT2D eigenvalue weighted by molar-refractivity contribution is -0.133. The molecule has 1 saturated heterocycles. The van der Waals surface area contributed by atoms with Gasteiger partial charge in [0.1, 0.15) is 11.5 Å². The van der Waals surface area contributed by atoms with Crippen molar-refractivity contribution in [3.8, 4) is 0 Å². The highest BCUT2D eigenvalue weighted by molar-refractivity contribution is 6.02. The van der Waals surface area contributed by atoms with E-state index < -0.39 is 0 Å². The van der Waals surface area contributed by atoms with Gasteiger partial charge in [-0.3, -0.25) is 4.79 Å². The molecule has 1 aromatic carbocycles. The average molecular weight is 441 g/mol. The fraction of sp³-hybridized carbons (Fsp3) is 0.346. The zero-order chi connectivity index (χ0) is 22.5. The summed E-state index contributed by atoms with van der Waals surface area (Å²) in [6, 6.07) is 12.6. The quantitative estimate of drug-likeness (QED) is 0.441. The Hall–Kier alpha value is -3.61. The van der Waals surface area contributed by atoms with E-state index in [-0.39, 0.29) is 11.9 Å². The molecule has 7 nitrogen and oxygen atoms in total. The van der Waals surface area contributed by atoms with E-state index in [9.17, 15) is 4.79 Å². The molecule has 0 unspecified atom stereocenters. The van der Waals surface area contributed by atoms with Crippen molar-refractivity contribution in [2.75, 3.05) is 13.1 Å². The highest BCUT2D eigenvalue weighted by Gasteiger charge is 2.31. The molecule has 1 amide bonds. The number of fused-ring (bicyclic) bond motifs is 4. The molecule has 1 aliphatic rings. The summed E-state index contributed by atoms with van der Waals surface area (Å²) in [5.41, 5.74) is 4.19. The number of carbonyl (C=O) groups is 1. The number of hydrogen-bond donors (Lipinski definition) is 1. The Morgan fingerprint density at radius 2 is 2.09 bits per heavy atom. The average Bonchev–Trinajstić information content (AvgIpc) is 3.53. The summed E-state index contributed by atoms with van der Waals surface area (Å²) >= 11 is 0. The number of para-hydroxylation sites is 2. The number of nitrogens with zero attached hydrogens (tertiary/aromatic N) is 5. The van der Waals surface area contributed by atoms with Gasteiger partial charge in [-0.1, -0.05) is 19.1 Å². The maximum absolute atomic E-state index is 13.3. The number of likely N-dealkylation sites (tertiary alicyclic amines) is 1. The van der Waals surface area contributed by atoms with E-state index in [1.54, 1.807) is 0 Å². The molecule has 4 aromatic heterocycles. The Kier molecular flexibility index (Phi) is 4.71. The van der Waals surface area contributed by atoms with E-state index in [2.05, 4.69) is 60.3 Å². The van der Waals surface area contributed by atoms with Gasteiger partial charge in [-0.2, -0.15) is 0 Å². The van der Waals surface area contributed by atoms with Gasteiger partial charge in [0, 0.05) is 55.4 Å². The van der Waals surface area contributed by atoms with Crippen molar-refractivity contribution in [1.82, 2.24) is 29.0 Å². The minimum atomic E-state index is 0.217. The number of H-pyrrole nitrogens is 1. The first-order valence-electron chi connectivity index (χ1n) is 11.7. The summed E-state index contributed by atoms with van der Waals surface area (Å²) in [5.74, 6) is 1.66. The Balaban J connectivity index is 1.24. The first-order chi connectivity index (χ1) is 16.1. The van der Waals surface area contributed by atoms with E-state index in [0.717, 1.165) is 52.8 Å². The maximum atomic E-state index is 13.3. The fourth-order valence-electron chi connectivity index (χ4n) is 5.41. The molecule has 1 aliphatic heterocycles. The summed E-state index contributed by atoms with van der Waals surface area (Å²) in [6.45, 7) is 6.53. The van der Waals surface area contributed by atoms with Gasteiger partial charge >= 0.3 is 0 Å². The van der Waals surface area contributed by atoms with Crippen LogP contribution in [-0.4, -0.2) is 48.0 Å². The minimum absolute atomic E-state index is 0.217. The Labute approximate surface area is 192 Å². The van der Waals surface area contributed by atoms with Gasteiger partial charge in [-0.15, -0.1) is 0 Å². The number of aryl methyl sites for hydroxylation is 2. The van der Waals surface area contributed by atoms with Crippen LogP contribution in [0.15, 0.2) is 55.0 Å². The molecule has 5 aromatic rings. The molecule has 6 rings (SSSR count). The van der Waals surface area contributed by atoms with Crippen LogP contribution < -0.4 is 0 Å². The molecular weight excluding hydrogens is 412 g/mol. The number of piperidine rings is 1. The van der Waals surface area contributed by atoms with Crippen LogP contribution in [0.25, 0.3) is 33.0 Å². The SMILES string of the molecule is Cc1nc2ccccc2n1CCC(=O)N1CC[C@@H](C)[C@@H](n2ccc3cnc4[nH]ccc4c32)C1. The highest BCUT2D eigenvalue weighted by Crippen LogP contribution is 2.34. The van der Waals surface area contributed by atoms with Crippen LogP contribution in [-0.2, 0) is 11.3 Å². The van der Waals surface area contributed by atoms with Crippen LogP contribution in [0.5, 0.6) is 0 Å². The molecule has 0 aliphatic carbocycles. The zero-order valence-corrected chi connectivity index (χ0v) is 19.0. The number of aromatic nitrogens is 5. The van der Waals surface area contributed by atoms with Gasteiger partial charge < -0.3 is 19.0 Å². The summed E-state index contributed by atoms with van der Waals surface area (Å²) in [7, 11) is 0. The molecule has 0 spiro atoms. The monoisotopic (exact) mass is 440 g/mol. The Bertz CT molecular complexity index is 1470. The fourth-order valence-corrected chi connectivity index (χ4v) is 5.41. The van der Waals surface area contributed by atoms with Crippen LogP contribution in [0.4, 0.5) is 0 Å². The van der Waals surface area contributed by atoms with Gasteiger partial charge in [0.05, 0.1) is 22.6 Å². The third-order valence-electron chi connectivity index (χ3n) is 7.28. The Morgan fingerprint density at radius 1 is 1.21 bits per heavy atom. The van der Waals surface area contributed by atoms with Crippen molar-refractivity contribution < 1.29 is 4.79 Å². The lowest BCUT2D eigenvalue weighted by Crippen LogP contribution is -2.44. The number of rotatable bonds is 4. The van der Waals surface area contributed by atoms with E-state index in [1.807, 2.05) is 37.5 Å². The van der Waals surface area contributed by atoms with Crippen LogP contribution >= 0.6 is 0 Å². The minimum Gasteiger partial charge on any atom is -0.346 e. The number of nitrogens with one attached hydrogen (secondary N) is 1. The number of imidazole rings is 1. The van der Waals surface area contributed by atoms with Crippen molar-refractivity contribution in [3.05, 3.63) is 60.8 Å². The standard InChI is InChI=1S/C26H28N6O/c1-17-8-12-30(24(33)10-14-31-18(2)29-21-5-3-4-6-22(21)31)16-23(17)32-13-9-19-15-28-26-20(25(19)32)7-11-27-26/h3-7,9,11,13,15,17,23H,8,10,12,14,16H2,1-2H3,(H,27,28)/t17-,23+/m1/s1. The summed E-state index contributed by atoms with van der Waals surface area (Å²) in [5, 5.41) is 2.27. The summed E-state index contributed by atoms with van der Waals surface area (Å²) in [4.78, 5) is 27.7. The lowest BCUT2D eigenvalue weighted by atomic mass is 9.92. The molecule has 1 fully saturated rings. The number of carbonyl (C=O) groups excluding carboxylic acids is 1. The van der Waals surface area contributed by atoms with Gasteiger partial charge in [0.2, 0.25) is 5.91 Å². The van der Waals surface area contributed by atoms with E-state index in [1.165, 1.54) is 5.52 Å². The first-order valence-corrected chi connectivity index (χ1v) is 11.7. The summed E-state index contributed by atoms with van der Waals surface area (Å²) in [6.07, 6.45) is 7.52. The molecule has 1 N–H and O–H groups in total. The van der Waals surface area contributed by atoms with Crippen LogP contribution in [0.3, 0.4) is 0 Å². The summed E-state index contributed by atoms with van der Waals surface area (Å²) < 4.78 is 4.52. The molecule has 7 heteroatoms. The highest BCUT2D eigenvalue weighted by atomic mass is 16.2. The van der Waals surface area contributed by atoms with Gasteiger partial charge in [-0.25, -0.2) is 9.97 Å². The lowest BCUT2D eigenvalue weighted by Gasteiger charge is -2.38. The second-order valence-corrected chi connectivity index (χ2v) is 9.25. The van der Waals surface area contributed by atoms with Crippen LogP contribution in [0.2, 0.25) is 0 Å². The number of aromatic amines is 1. The number of benzene rings is 1. The van der Waals surface area contributed by atoms with Gasteiger partial charge in [0.15, 0.2) is 0 Å². The maximum Gasteiger partial charge on any atom is 0.224 e. The second kappa shape index (κ2) is 7.76. The normalized spacial score (nSPS) is 19.2. The number of amides is 1. The molecule has 2 atom stereocenters. The van der Waals surface area contributed by atoms with Crippen LogP contribution in [0.1, 0.15) is 31.6 Å². The predicted molar refractivity (Wildman–Crippen MR) is 130 cm³/mol. The third kappa shape index (κ3) is 3.30. The zero-order valence-electron chi connectivity index (χ0n) is 19.0. The molecular formula is C26H28N6O. The smallest absolute Gasteiger partial charge is 0.224 e. The molecule has 0 saturated carbocycles. The van der Waals surface area contributed by atoms with E-state index in [4.69, 9.17) is 0 Å². The predicted octanol–water partition coefficient (Wildman–Crippen LogP) is 4.68. The van der Waals surface area contributed by atoms with Crippen molar-refractivity contribution >= 4 is 38.9 Å². The van der Waals surface area contributed by atoms with Gasteiger partial charge in [-0.05, 0) is 43.5 Å². The molecule has 0 radical (unpaired) electrons. The molecule has 0 bridgehead atoms. The van der Waals surface area contributed by atoms with Crippen molar-refractivity contribution in [1.29, 1.82) is 0 Å². The first kappa shape index (κ1) is 20.0. The molecule has 168 valence electrons. The molecule has 5 heterocycles. The van der Waals surface area contributed by atoms with Gasteiger partial charge in [0.25, 0.3) is 0 Å². The van der Waals surface area contributed by atoms with Crippen molar-refractivity contribution in [2.45, 2.75) is 39.3 Å². The van der Waals surface area contributed by atoms with Crippen molar-refractivity contribution in [2.24, 2.45) is 5.92 Å². The van der Waals surface area contributed by atoms with E-state index >= 15 is 0 Å². The van der Waals surface area contributed by atoms with Crippen molar-refractivity contribution in [3.63, 3.8) is 0 Å². The Morgan fingerprint density at radius 3 is 3.00 bits per heavy atom. The van der Waals surface area contributed by atoms with Crippen LogP contribution in [0, 0.1) is 12.8 Å². The largest absolute Gasteiger partial charge is 0.346 e. The number of hydrogen-bond acceptors (Lipinski definition) is 3. The second-order valence-electron chi connectivity index (χ2n) is 9.25. The third-order valence-corrected chi connectivity index (χ3v) is 7.28. The number of pyridine rings is 1. The topological polar surface area (TPSA) is 71.7 Å². The molecule has 33 heavy (non-hydrogen) atoms.